The van der Waals surface area contributed by atoms with Crippen molar-refractivity contribution in [2.45, 2.75) is 51.5 Å². The molecule has 6 nitrogen and oxygen atoms in total. The Morgan fingerprint density at radius 2 is 1.67 bits per heavy atom. The summed E-state index contributed by atoms with van der Waals surface area (Å²) in [6.45, 7) is 8.72. The van der Waals surface area contributed by atoms with Crippen molar-refractivity contribution in [3.8, 4) is 5.75 Å². The largest absolute Gasteiger partial charge is 0.484 e. The van der Waals surface area contributed by atoms with Crippen molar-refractivity contribution in [1.29, 1.82) is 0 Å². The molecule has 0 atom stereocenters. The molecule has 7 heteroatoms. The third-order valence-corrected chi connectivity index (χ3v) is 7.31. The van der Waals surface area contributed by atoms with E-state index < -0.39 is 10.0 Å². The van der Waals surface area contributed by atoms with Gasteiger partial charge in [-0.2, -0.15) is 0 Å². The topological polar surface area (TPSA) is 75.7 Å². The number of carbonyl (C=O) groups is 1. The molecule has 162 valence electrons. The number of nitrogens with zero attached hydrogens (tertiary/aromatic N) is 1. The van der Waals surface area contributed by atoms with Gasteiger partial charge in [0.1, 0.15) is 5.75 Å². The van der Waals surface area contributed by atoms with Gasteiger partial charge in [0, 0.05) is 19.1 Å². The molecule has 2 aromatic carbocycles. The van der Waals surface area contributed by atoms with Crippen LogP contribution in [0.2, 0.25) is 0 Å². The van der Waals surface area contributed by atoms with Gasteiger partial charge in [-0.3, -0.25) is 4.79 Å². The number of amides is 1. The van der Waals surface area contributed by atoms with Crippen LogP contribution in [0.4, 0.5) is 0 Å². The van der Waals surface area contributed by atoms with Crippen molar-refractivity contribution >= 4 is 15.9 Å². The molecule has 1 heterocycles. The van der Waals surface area contributed by atoms with Crippen LogP contribution in [0, 0.1) is 27.7 Å². The van der Waals surface area contributed by atoms with E-state index in [4.69, 9.17) is 4.74 Å². The maximum atomic E-state index is 12.8. The molecule has 0 aliphatic carbocycles. The Bertz CT molecular complexity index is 1030. The Kier molecular flexibility index (Phi) is 6.83. The van der Waals surface area contributed by atoms with Crippen molar-refractivity contribution < 1.29 is 17.9 Å². The Hall–Kier alpha value is -2.38. The van der Waals surface area contributed by atoms with E-state index in [0.717, 1.165) is 16.7 Å². The molecule has 0 spiro atoms. The second-order valence-corrected chi connectivity index (χ2v) is 9.76. The van der Waals surface area contributed by atoms with Gasteiger partial charge < -0.3 is 9.64 Å². The normalized spacial score (nSPS) is 15.3. The zero-order valence-electron chi connectivity index (χ0n) is 18.1. The van der Waals surface area contributed by atoms with E-state index in [-0.39, 0.29) is 18.6 Å². The fourth-order valence-corrected chi connectivity index (χ4v) is 5.20. The maximum absolute atomic E-state index is 12.8. The molecular weight excluding hydrogens is 400 g/mol. The van der Waals surface area contributed by atoms with Gasteiger partial charge in [0.05, 0.1) is 4.90 Å². The molecule has 30 heavy (non-hydrogen) atoms. The van der Waals surface area contributed by atoms with Gasteiger partial charge in [-0.25, -0.2) is 13.1 Å². The summed E-state index contributed by atoms with van der Waals surface area (Å²) in [6.07, 6.45) is 1.17. The zero-order valence-corrected chi connectivity index (χ0v) is 18.9. The molecule has 3 rings (SSSR count). The number of rotatable bonds is 6. The van der Waals surface area contributed by atoms with E-state index in [2.05, 4.69) is 4.72 Å². The van der Waals surface area contributed by atoms with Crippen LogP contribution in [0.3, 0.4) is 0 Å². The number of hydrogen-bond donors (Lipinski definition) is 1. The highest BCUT2D eigenvalue weighted by Crippen LogP contribution is 2.20. The second-order valence-electron chi connectivity index (χ2n) is 8.08. The number of carbonyl (C=O) groups excluding carboxylic acids is 1. The van der Waals surface area contributed by atoms with E-state index in [1.165, 1.54) is 5.56 Å². The fraction of sp³-hybridized carbons (Fsp3) is 0.435. The lowest BCUT2D eigenvalue weighted by Gasteiger charge is -2.32. The zero-order chi connectivity index (χ0) is 21.9. The highest BCUT2D eigenvalue weighted by atomic mass is 32.2. The molecule has 0 bridgehead atoms. The van der Waals surface area contributed by atoms with Gasteiger partial charge >= 0.3 is 0 Å². The SMILES string of the molecule is Cc1ccc(C)c(S(=O)(=O)NC2CCN(C(=O)COc3ccc(C)c(C)c3)CC2)c1. The highest BCUT2D eigenvalue weighted by Gasteiger charge is 2.27. The summed E-state index contributed by atoms with van der Waals surface area (Å²) in [7, 11) is -3.58. The highest BCUT2D eigenvalue weighted by molar-refractivity contribution is 7.89. The minimum Gasteiger partial charge on any atom is -0.484 e. The number of benzene rings is 2. The molecule has 0 unspecified atom stereocenters. The molecular formula is C23H30N2O4S. The lowest BCUT2D eigenvalue weighted by atomic mass is 10.1. The number of nitrogens with one attached hydrogen (secondary N) is 1. The third kappa shape index (κ3) is 5.40. The molecule has 1 aliphatic heterocycles. The molecule has 0 saturated carbocycles. The van der Waals surface area contributed by atoms with Gasteiger partial charge in [-0.1, -0.05) is 18.2 Å². The molecule has 1 amide bonds. The van der Waals surface area contributed by atoms with Gasteiger partial charge in [0.25, 0.3) is 5.91 Å². The molecule has 1 N–H and O–H groups in total. The van der Waals surface area contributed by atoms with Crippen molar-refractivity contribution in [3.05, 3.63) is 58.7 Å². The predicted octanol–water partition coefficient (Wildman–Crippen LogP) is 3.27. The Morgan fingerprint density at radius 3 is 2.33 bits per heavy atom. The molecule has 1 saturated heterocycles. The van der Waals surface area contributed by atoms with Crippen molar-refractivity contribution in [1.82, 2.24) is 9.62 Å². The van der Waals surface area contributed by atoms with E-state index in [1.807, 2.05) is 51.1 Å². The van der Waals surface area contributed by atoms with Crippen LogP contribution < -0.4 is 9.46 Å². The standard InChI is InChI=1S/C23H30N2O4S/c1-16-5-6-18(3)22(13-16)30(27,28)24-20-9-11-25(12-10-20)23(26)15-29-21-8-7-17(2)19(4)14-21/h5-8,13-14,20,24H,9-12,15H2,1-4H3. The van der Waals surface area contributed by atoms with E-state index in [0.29, 0.717) is 36.6 Å². The van der Waals surface area contributed by atoms with Crippen LogP contribution in [0.1, 0.15) is 35.1 Å². The fourth-order valence-electron chi connectivity index (χ4n) is 3.57. The number of piperidine rings is 1. The van der Waals surface area contributed by atoms with Gasteiger partial charge in [-0.15, -0.1) is 0 Å². The van der Waals surface area contributed by atoms with Gasteiger partial charge in [-0.05, 0) is 81.0 Å². The summed E-state index contributed by atoms with van der Waals surface area (Å²) in [6, 6.07) is 11.0. The summed E-state index contributed by atoms with van der Waals surface area (Å²) >= 11 is 0. The first-order valence-electron chi connectivity index (χ1n) is 10.2. The maximum Gasteiger partial charge on any atom is 0.260 e. The average molecular weight is 431 g/mol. The Balaban J connectivity index is 1.52. The predicted molar refractivity (Wildman–Crippen MR) is 117 cm³/mol. The second kappa shape index (κ2) is 9.18. The molecule has 1 fully saturated rings. The molecule has 0 aromatic heterocycles. The van der Waals surface area contributed by atoms with Crippen LogP contribution in [0.15, 0.2) is 41.3 Å². The summed E-state index contributed by atoms with van der Waals surface area (Å²) in [5.74, 6) is 0.603. The number of ether oxygens (including phenoxy) is 1. The van der Waals surface area contributed by atoms with Crippen molar-refractivity contribution in [2.75, 3.05) is 19.7 Å². The number of likely N-dealkylation sites (tertiary alicyclic amines) is 1. The third-order valence-electron chi connectivity index (χ3n) is 5.64. The quantitative estimate of drug-likeness (QED) is 0.763. The molecule has 0 radical (unpaired) electrons. The van der Waals surface area contributed by atoms with Crippen molar-refractivity contribution in [2.24, 2.45) is 0 Å². The number of sulfonamides is 1. The monoisotopic (exact) mass is 430 g/mol. The molecule has 2 aromatic rings. The first-order valence-corrected chi connectivity index (χ1v) is 11.7. The average Bonchev–Trinajstić information content (AvgIpc) is 2.70. The van der Waals surface area contributed by atoms with Gasteiger partial charge in [0.15, 0.2) is 6.61 Å². The first kappa shape index (κ1) is 22.3. The van der Waals surface area contributed by atoms with E-state index >= 15 is 0 Å². The minimum atomic E-state index is -3.58. The van der Waals surface area contributed by atoms with Gasteiger partial charge in [0.2, 0.25) is 10.0 Å². The minimum absolute atomic E-state index is 0.0125. The number of hydrogen-bond acceptors (Lipinski definition) is 4. The summed E-state index contributed by atoms with van der Waals surface area (Å²) in [4.78, 5) is 14.5. The lowest BCUT2D eigenvalue weighted by Crippen LogP contribution is -2.47. The van der Waals surface area contributed by atoms with E-state index in [9.17, 15) is 13.2 Å². The van der Waals surface area contributed by atoms with E-state index in [1.54, 1.807) is 17.9 Å². The molecule has 1 aliphatic rings. The lowest BCUT2D eigenvalue weighted by molar-refractivity contribution is -0.134. The first-order chi connectivity index (χ1) is 14.2. The van der Waals surface area contributed by atoms with Crippen molar-refractivity contribution in [3.63, 3.8) is 0 Å². The smallest absolute Gasteiger partial charge is 0.260 e. The van der Waals surface area contributed by atoms with Crippen LogP contribution in [0.25, 0.3) is 0 Å². The Morgan fingerprint density at radius 1 is 1.00 bits per heavy atom. The van der Waals surface area contributed by atoms with Crippen LogP contribution in [-0.2, 0) is 14.8 Å². The van der Waals surface area contributed by atoms with Crippen LogP contribution in [-0.4, -0.2) is 45.0 Å². The number of aryl methyl sites for hydroxylation is 4. The van der Waals surface area contributed by atoms with Crippen LogP contribution in [0.5, 0.6) is 5.75 Å². The Labute approximate surface area is 179 Å². The van der Waals surface area contributed by atoms with Crippen LogP contribution >= 0.6 is 0 Å². The summed E-state index contributed by atoms with van der Waals surface area (Å²) < 4.78 is 34.0. The summed E-state index contributed by atoms with van der Waals surface area (Å²) in [5.41, 5.74) is 3.94. The summed E-state index contributed by atoms with van der Waals surface area (Å²) in [5, 5.41) is 0.